The first kappa shape index (κ1) is 12.2. The van der Waals surface area contributed by atoms with Gasteiger partial charge in [-0.15, -0.1) is 0 Å². The molecule has 0 aliphatic heterocycles. The fourth-order valence-electron chi connectivity index (χ4n) is 1.69. The highest BCUT2D eigenvalue weighted by Crippen LogP contribution is 2.03. The van der Waals surface area contributed by atoms with Crippen molar-refractivity contribution in [2.24, 2.45) is 0 Å². The second-order valence-electron chi connectivity index (χ2n) is 3.79. The Kier molecular flexibility index (Phi) is 3.32. The normalized spacial score (nSPS) is 10.1. The molecule has 1 radical (unpaired) electrons. The lowest BCUT2D eigenvalue weighted by Crippen LogP contribution is -2.30. The zero-order valence-corrected chi connectivity index (χ0v) is 9.83. The fraction of sp³-hybridized carbons (Fsp3) is 0.0769. The van der Waals surface area contributed by atoms with Gasteiger partial charge in [-0.1, -0.05) is 30.5 Å². The van der Waals surface area contributed by atoms with Crippen LogP contribution < -0.4 is 11.0 Å². The van der Waals surface area contributed by atoms with Crippen molar-refractivity contribution in [1.29, 1.82) is 0 Å². The first-order valence-corrected chi connectivity index (χ1v) is 5.48. The Labute approximate surface area is 105 Å². The number of hydrogen-bond acceptors (Lipinski definition) is 2. The number of rotatable bonds is 3. The summed E-state index contributed by atoms with van der Waals surface area (Å²) in [6.45, 7) is 1.79. The number of carboxylic acid groups (broad SMARTS) is 1. The zero-order chi connectivity index (χ0) is 13.1. The highest BCUT2D eigenvalue weighted by atomic mass is 16.4. The summed E-state index contributed by atoms with van der Waals surface area (Å²) in [5.74, 6) is -1.21. The molecular formula is C13H11BNO3. The van der Waals surface area contributed by atoms with Crippen LogP contribution in [0.3, 0.4) is 0 Å². The number of carbonyl (C=O) groups is 1. The van der Waals surface area contributed by atoms with Crippen molar-refractivity contribution < 1.29 is 9.90 Å². The molecule has 0 atom stereocenters. The molecule has 5 heteroatoms. The predicted octanol–water partition coefficient (Wildman–Crippen LogP) is 0.913. The summed E-state index contributed by atoms with van der Waals surface area (Å²) in [7, 11) is 1.76. The summed E-state index contributed by atoms with van der Waals surface area (Å²) < 4.78 is 1.35. The van der Waals surface area contributed by atoms with E-state index in [4.69, 9.17) is 5.11 Å². The van der Waals surface area contributed by atoms with Crippen LogP contribution in [0.5, 0.6) is 0 Å². The van der Waals surface area contributed by atoms with Crippen LogP contribution in [0.2, 0.25) is 6.82 Å². The molecular weight excluding hydrogens is 229 g/mol. The highest BCUT2D eigenvalue weighted by molar-refractivity contribution is 6.51. The van der Waals surface area contributed by atoms with E-state index in [1.54, 1.807) is 44.6 Å². The van der Waals surface area contributed by atoms with E-state index in [0.29, 0.717) is 11.2 Å². The van der Waals surface area contributed by atoms with Gasteiger partial charge in [-0.3, -0.25) is 9.36 Å². The minimum Gasteiger partial charge on any atom is -0.477 e. The van der Waals surface area contributed by atoms with E-state index in [2.05, 4.69) is 0 Å². The second-order valence-corrected chi connectivity index (χ2v) is 3.79. The molecule has 1 aromatic heterocycles. The maximum Gasteiger partial charge on any atom is 0.341 e. The molecule has 1 heterocycles. The Bertz CT molecular complexity index is 634. The smallest absolute Gasteiger partial charge is 0.341 e. The molecule has 1 N–H and O–H groups in total. The first-order valence-electron chi connectivity index (χ1n) is 5.48. The average molecular weight is 240 g/mol. The Balaban J connectivity index is 2.71. The second kappa shape index (κ2) is 4.92. The molecule has 18 heavy (non-hydrogen) atoms. The molecule has 0 bridgehead atoms. The van der Waals surface area contributed by atoms with Crippen molar-refractivity contribution in [3.05, 3.63) is 58.5 Å². The Hall–Kier alpha value is -2.30. The van der Waals surface area contributed by atoms with Crippen LogP contribution in [0.25, 0.3) is 5.69 Å². The molecule has 0 fully saturated rings. The van der Waals surface area contributed by atoms with Crippen molar-refractivity contribution in [1.82, 2.24) is 4.57 Å². The molecule has 2 aromatic rings. The van der Waals surface area contributed by atoms with Crippen LogP contribution in [-0.4, -0.2) is 22.9 Å². The monoisotopic (exact) mass is 240 g/mol. The van der Waals surface area contributed by atoms with Crippen molar-refractivity contribution in [2.75, 3.05) is 0 Å². The van der Waals surface area contributed by atoms with Gasteiger partial charge in [0.05, 0.1) is 0 Å². The molecule has 0 spiro atoms. The summed E-state index contributed by atoms with van der Waals surface area (Å²) in [4.78, 5) is 23.1. The molecule has 2 rings (SSSR count). The van der Waals surface area contributed by atoms with E-state index in [1.165, 1.54) is 10.6 Å². The third-order valence-corrected chi connectivity index (χ3v) is 2.64. The summed E-state index contributed by atoms with van der Waals surface area (Å²) in [5, 5.41) is 9.03. The fourth-order valence-corrected chi connectivity index (χ4v) is 1.69. The molecule has 89 valence electrons. The van der Waals surface area contributed by atoms with Crippen molar-refractivity contribution in [3.8, 4) is 5.69 Å². The Morgan fingerprint density at radius 3 is 2.50 bits per heavy atom. The van der Waals surface area contributed by atoms with Crippen molar-refractivity contribution in [2.45, 2.75) is 6.82 Å². The third kappa shape index (κ3) is 2.20. The molecule has 0 saturated heterocycles. The molecule has 0 aliphatic rings. The third-order valence-electron chi connectivity index (χ3n) is 2.64. The van der Waals surface area contributed by atoms with Gasteiger partial charge in [0.25, 0.3) is 5.56 Å². The van der Waals surface area contributed by atoms with E-state index >= 15 is 0 Å². The summed E-state index contributed by atoms with van der Waals surface area (Å²) in [6.07, 6.45) is 1.63. The number of nitrogens with zero attached hydrogens (tertiary/aromatic N) is 1. The van der Waals surface area contributed by atoms with Gasteiger partial charge in [0.1, 0.15) is 12.8 Å². The van der Waals surface area contributed by atoms with Crippen LogP contribution in [0, 0.1) is 0 Å². The van der Waals surface area contributed by atoms with Gasteiger partial charge in [0, 0.05) is 11.9 Å². The topological polar surface area (TPSA) is 59.3 Å². The van der Waals surface area contributed by atoms with Gasteiger partial charge in [0.2, 0.25) is 0 Å². The maximum absolute atomic E-state index is 12.0. The van der Waals surface area contributed by atoms with Crippen LogP contribution in [0.1, 0.15) is 10.4 Å². The number of pyridine rings is 1. The van der Waals surface area contributed by atoms with Gasteiger partial charge >= 0.3 is 5.97 Å². The van der Waals surface area contributed by atoms with Crippen molar-refractivity contribution >= 4 is 18.7 Å². The molecule has 1 aromatic carbocycles. The lowest BCUT2D eigenvalue weighted by atomic mass is 9.74. The van der Waals surface area contributed by atoms with Crippen LogP contribution >= 0.6 is 0 Å². The van der Waals surface area contributed by atoms with E-state index in [0.717, 1.165) is 0 Å². The average Bonchev–Trinajstić information content (AvgIpc) is 2.39. The largest absolute Gasteiger partial charge is 0.477 e. The van der Waals surface area contributed by atoms with Gasteiger partial charge < -0.3 is 5.11 Å². The van der Waals surface area contributed by atoms with Gasteiger partial charge in [0.15, 0.2) is 0 Å². The van der Waals surface area contributed by atoms with Gasteiger partial charge in [-0.05, 0) is 18.2 Å². The van der Waals surface area contributed by atoms with Gasteiger partial charge in [-0.2, -0.15) is 0 Å². The molecule has 0 unspecified atom stereocenters. The minimum absolute atomic E-state index is 0.227. The van der Waals surface area contributed by atoms with E-state index in [-0.39, 0.29) is 5.56 Å². The molecule has 0 amide bonds. The minimum atomic E-state index is -1.21. The molecule has 0 aliphatic carbocycles. The lowest BCUT2D eigenvalue weighted by Gasteiger charge is -2.09. The number of hydrogen-bond donors (Lipinski definition) is 1. The zero-order valence-electron chi connectivity index (χ0n) is 9.83. The number of aromatic carboxylic acids is 1. The summed E-state index contributed by atoms with van der Waals surface area (Å²) in [6, 6.07) is 10.3. The summed E-state index contributed by atoms with van der Waals surface area (Å²) in [5.41, 5.74) is 0.582. The van der Waals surface area contributed by atoms with E-state index < -0.39 is 11.5 Å². The highest BCUT2D eigenvalue weighted by Gasteiger charge is 2.13. The number of benzene rings is 1. The van der Waals surface area contributed by atoms with Gasteiger partial charge in [-0.25, -0.2) is 4.79 Å². The maximum atomic E-state index is 12.0. The van der Waals surface area contributed by atoms with Crippen LogP contribution in [0.15, 0.2) is 47.4 Å². The van der Waals surface area contributed by atoms with Crippen molar-refractivity contribution in [3.63, 3.8) is 0 Å². The van der Waals surface area contributed by atoms with Crippen LogP contribution in [-0.2, 0) is 0 Å². The van der Waals surface area contributed by atoms with E-state index in [1.807, 2.05) is 6.07 Å². The first-order chi connectivity index (χ1) is 8.63. The lowest BCUT2D eigenvalue weighted by molar-refractivity contribution is 0.0694. The predicted molar refractivity (Wildman–Crippen MR) is 70.3 cm³/mol. The Morgan fingerprint density at radius 1 is 1.28 bits per heavy atom. The number of carboxylic acids is 1. The Morgan fingerprint density at radius 2 is 1.94 bits per heavy atom. The number of aromatic nitrogens is 1. The van der Waals surface area contributed by atoms with E-state index in [9.17, 15) is 9.59 Å². The standard InChI is InChI=1S/C13H11BNO3/c1-14-9-7-11(13(17)18)12(16)15(8-9)10-5-3-2-4-6-10/h2-8H,1H3,(H,17,18). The SMILES string of the molecule is C[B]c1cc(C(=O)O)c(=O)n(-c2ccccc2)c1. The quantitative estimate of drug-likeness (QED) is 0.811. The summed E-state index contributed by atoms with van der Waals surface area (Å²) >= 11 is 0. The molecule has 4 nitrogen and oxygen atoms in total. The number of para-hydroxylation sites is 1. The van der Waals surface area contributed by atoms with Crippen LogP contribution in [0.4, 0.5) is 0 Å². The molecule has 0 saturated carbocycles.